The van der Waals surface area contributed by atoms with Gasteiger partial charge in [-0.05, 0) is 30.3 Å². The van der Waals surface area contributed by atoms with Crippen LogP contribution in [0.25, 0.3) is 0 Å². The fraction of sp³-hybridized carbons (Fsp3) is 0.0769. The average molecular weight is 294 g/mol. The Morgan fingerprint density at radius 2 is 1.95 bits per heavy atom. The first kappa shape index (κ1) is 14.7. The molecule has 110 valence electrons. The Morgan fingerprint density at radius 3 is 2.57 bits per heavy atom. The first-order valence-electron chi connectivity index (χ1n) is 5.87. The lowest BCUT2D eigenvalue weighted by Gasteiger charge is -2.09. The molecule has 1 heterocycles. The van der Waals surface area contributed by atoms with E-state index < -0.39 is 12.5 Å². The molecule has 0 saturated carbocycles. The van der Waals surface area contributed by atoms with Gasteiger partial charge in [0.2, 0.25) is 0 Å². The number of carbonyl (C=O) groups excluding carboxylic acids is 1. The lowest BCUT2D eigenvalue weighted by molar-refractivity contribution is -0.0498. The predicted octanol–water partition coefficient (Wildman–Crippen LogP) is 2.22. The molecular formula is C13H12F2N4O2. The monoisotopic (exact) mass is 294 g/mol. The third-order valence-corrected chi connectivity index (χ3v) is 2.56. The number of ether oxygens (including phenoxy) is 1. The molecule has 4 N–H and O–H groups in total. The number of rotatable bonds is 5. The Morgan fingerprint density at radius 1 is 1.24 bits per heavy atom. The van der Waals surface area contributed by atoms with Crippen molar-refractivity contribution in [3.8, 4) is 5.75 Å². The molecule has 6 nitrogen and oxygen atoms in total. The van der Waals surface area contributed by atoms with Crippen molar-refractivity contribution in [3.63, 3.8) is 0 Å². The van der Waals surface area contributed by atoms with E-state index in [1.165, 1.54) is 36.7 Å². The molecule has 0 radical (unpaired) electrons. The molecule has 0 bridgehead atoms. The molecule has 1 aromatic carbocycles. The van der Waals surface area contributed by atoms with E-state index in [1.807, 2.05) is 0 Å². The fourth-order valence-electron chi connectivity index (χ4n) is 1.62. The summed E-state index contributed by atoms with van der Waals surface area (Å²) in [7, 11) is 0. The minimum atomic E-state index is -2.89. The largest absolute Gasteiger partial charge is 0.435 e. The second kappa shape index (κ2) is 6.62. The number of nitrogens with zero attached hydrogens (tertiary/aromatic N) is 1. The van der Waals surface area contributed by atoms with E-state index in [1.54, 1.807) is 6.07 Å². The first-order chi connectivity index (χ1) is 10.1. The van der Waals surface area contributed by atoms with Gasteiger partial charge in [-0.25, -0.2) is 0 Å². The van der Waals surface area contributed by atoms with Crippen molar-refractivity contribution in [3.05, 3.63) is 48.3 Å². The van der Waals surface area contributed by atoms with Crippen LogP contribution in [0.3, 0.4) is 0 Å². The standard InChI is InChI=1S/C13H12F2N4O2/c14-13(15)21-9-3-1-8(2-4-9)18-12(20)10-7-17-6-5-11(10)19-16/h1-7,13H,16H2,(H,17,19)(H,18,20). The van der Waals surface area contributed by atoms with Crippen LogP contribution in [0.4, 0.5) is 20.2 Å². The molecule has 0 aliphatic rings. The minimum absolute atomic E-state index is 0.00805. The van der Waals surface area contributed by atoms with Gasteiger partial charge in [0.1, 0.15) is 5.75 Å². The lowest BCUT2D eigenvalue weighted by Crippen LogP contribution is -2.17. The molecule has 21 heavy (non-hydrogen) atoms. The summed E-state index contributed by atoms with van der Waals surface area (Å²) in [6, 6.07) is 7.10. The van der Waals surface area contributed by atoms with E-state index in [0.29, 0.717) is 11.4 Å². The highest BCUT2D eigenvalue weighted by molar-refractivity contribution is 6.07. The third-order valence-electron chi connectivity index (χ3n) is 2.56. The van der Waals surface area contributed by atoms with Gasteiger partial charge in [-0.15, -0.1) is 0 Å². The number of halogens is 2. The number of alkyl halides is 2. The molecule has 0 aliphatic carbocycles. The number of nitrogens with one attached hydrogen (secondary N) is 2. The van der Waals surface area contributed by atoms with Gasteiger partial charge in [-0.2, -0.15) is 8.78 Å². The number of hydrogen-bond acceptors (Lipinski definition) is 5. The van der Waals surface area contributed by atoms with Crippen LogP contribution >= 0.6 is 0 Å². The summed E-state index contributed by atoms with van der Waals surface area (Å²) in [5.41, 5.74) is 3.49. The van der Waals surface area contributed by atoms with E-state index >= 15 is 0 Å². The number of aromatic nitrogens is 1. The van der Waals surface area contributed by atoms with Crippen molar-refractivity contribution in [2.45, 2.75) is 6.61 Å². The van der Waals surface area contributed by atoms with E-state index in [2.05, 4.69) is 20.5 Å². The van der Waals surface area contributed by atoms with E-state index in [0.717, 1.165) is 0 Å². The van der Waals surface area contributed by atoms with Gasteiger partial charge in [0.15, 0.2) is 0 Å². The topological polar surface area (TPSA) is 89.3 Å². The van der Waals surface area contributed by atoms with Crippen molar-refractivity contribution in [2.75, 3.05) is 10.7 Å². The molecule has 8 heteroatoms. The quantitative estimate of drug-likeness (QED) is 0.581. The normalized spacial score (nSPS) is 10.3. The molecule has 0 fully saturated rings. The summed E-state index contributed by atoms with van der Waals surface area (Å²) in [4.78, 5) is 15.9. The lowest BCUT2D eigenvalue weighted by atomic mass is 10.2. The number of benzene rings is 1. The van der Waals surface area contributed by atoms with Crippen LogP contribution in [-0.4, -0.2) is 17.5 Å². The maximum Gasteiger partial charge on any atom is 0.387 e. The van der Waals surface area contributed by atoms with Crippen LogP contribution in [0.1, 0.15) is 10.4 Å². The van der Waals surface area contributed by atoms with Gasteiger partial charge in [-0.1, -0.05) is 0 Å². The second-order valence-corrected chi connectivity index (χ2v) is 3.92. The Kier molecular flexibility index (Phi) is 4.62. The number of nitrogens with two attached hydrogens (primary N) is 1. The summed E-state index contributed by atoms with van der Waals surface area (Å²) in [6.45, 7) is -2.89. The van der Waals surface area contributed by atoms with Gasteiger partial charge in [0.05, 0.1) is 11.3 Å². The summed E-state index contributed by atoms with van der Waals surface area (Å²) in [5.74, 6) is 4.88. The highest BCUT2D eigenvalue weighted by Crippen LogP contribution is 2.19. The number of carbonyl (C=O) groups is 1. The van der Waals surface area contributed by atoms with Crippen molar-refractivity contribution < 1.29 is 18.3 Å². The molecule has 0 saturated heterocycles. The zero-order chi connectivity index (χ0) is 15.2. The zero-order valence-corrected chi connectivity index (χ0v) is 10.7. The van der Waals surface area contributed by atoms with Crippen LogP contribution < -0.4 is 21.3 Å². The summed E-state index contributed by atoms with van der Waals surface area (Å²) >= 11 is 0. The molecule has 0 aliphatic heterocycles. The van der Waals surface area contributed by atoms with Crippen molar-refractivity contribution >= 4 is 17.3 Å². The van der Waals surface area contributed by atoms with E-state index in [-0.39, 0.29) is 11.3 Å². The number of hydrogen-bond donors (Lipinski definition) is 3. The highest BCUT2D eigenvalue weighted by Gasteiger charge is 2.11. The number of nitrogen functional groups attached to an aromatic ring is 1. The van der Waals surface area contributed by atoms with Gasteiger partial charge in [0.25, 0.3) is 5.91 Å². The first-order valence-corrected chi connectivity index (χ1v) is 5.87. The molecule has 0 spiro atoms. The number of anilines is 2. The molecule has 0 unspecified atom stereocenters. The Hall–Kier alpha value is -2.74. The van der Waals surface area contributed by atoms with Crippen LogP contribution in [0.5, 0.6) is 5.75 Å². The molecule has 2 rings (SSSR count). The smallest absolute Gasteiger partial charge is 0.387 e. The summed E-state index contributed by atoms with van der Waals surface area (Å²) in [6.07, 6.45) is 2.85. The van der Waals surface area contributed by atoms with Crippen molar-refractivity contribution in [1.29, 1.82) is 0 Å². The van der Waals surface area contributed by atoms with Gasteiger partial charge in [0, 0.05) is 18.1 Å². The van der Waals surface area contributed by atoms with Crippen molar-refractivity contribution in [2.24, 2.45) is 5.84 Å². The molecule has 1 amide bonds. The maximum atomic E-state index is 12.1. The van der Waals surface area contributed by atoms with Gasteiger partial charge < -0.3 is 15.5 Å². The molecular weight excluding hydrogens is 282 g/mol. The minimum Gasteiger partial charge on any atom is -0.435 e. The molecule has 0 atom stereocenters. The van der Waals surface area contributed by atoms with E-state index in [9.17, 15) is 13.6 Å². The SMILES string of the molecule is NNc1ccncc1C(=O)Nc1ccc(OC(F)F)cc1. The zero-order valence-electron chi connectivity index (χ0n) is 10.7. The van der Waals surface area contributed by atoms with Crippen LogP contribution in [0.2, 0.25) is 0 Å². The molecule has 2 aromatic rings. The number of pyridine rings is 1. The molecule has 1 aromatic heterocycles. The Bertz CT molecular complexity index is 620. The maximum absolute atomic E-state index is 12.1. The van der Waals surface area contributed by atoms with Crippen LogP contribution in [0, 0.1) is 0 Å². The fourth-order valence-corrected chi connectivity index (χ4v) is 1.62. The van der Waals surface area contributed by atoms with Gasteiger partial charge >= 0.3 is 6.61 Å². The van der Waals surface area contributed by atoms with Crippen molar-refractivity contribution in [1.82, 2.24) is 4.98 Å². The van der Waals surface area contributed by atoms with Crippen LogP contribution in [0.15, 0.2) is 42.7 Å². The highest BCUT2D eigenvalue weighted by atomic mass is 19.3. The Labute approximate surface area is 118 Å². The van der Waals surface area contributed by atoms with Crippen LogP contribution in [-0.2, 0) is 0 Å². The Balaban J connectivity index is 2.09. The second-order valence-electron chi connectivity index (χ2n) is 3.92. The third kappa shape index (κ3) is 3.86. The van der Waals surface area contributed by atoms with E-state index in [4.69, 9.17) is 5.84 Å². The number of amides is 1. The predicted molar refractivity (Wildman–Crippen MR) is 73.1 cm³/mol. The summed E-state index contributed by atoms with van der Waals surface area (Å²) in [5, 5.41) is 2.60. The summed E-state index contributed by atoms with van der Waals surface area (Å²) < 4.78 is 28.2. The van der Waals surface area contributed by atoms with Gasteiger partial charge in [-0.3, -0.25) is 15.6 Å². The average Bonchev–Trinajstić information content (AvgIpc) is 2.48. The number of hydrazine groups is 1.